The molecule has 6 rings (SSSR count). The van der Waals surface area contributed by atoms with E-state index >= 15 is 0 Å². The molecule has 11 nitrogen and oxygen atoms in total. The first-order valence-corrected chi connectivity index (χ1v) is 14.4. The van der Waals surface area contributed by atoms with E-state index in [0.29, 0.717) is 26.0 Å². The number of thiazole rings is 1. The van der Waals surface area contributed by atoms with Gasteiger partial charge in [0, 0.05) is 6.07 Å². The smallest absolute Gasteiger partial charge is 0.283 e. The third-order valence-electron chi connectivity index (χ3n) is 7.08. The highest BCUT2D eigenvalue weighted by Gasteiger charge is 2.48. The van der Waals surface area contributed by atoms with Crippen LogP contribution >= 0.6 is 35.3 Å². The number of fused-ring (bicyclic) bond motifs is 2. The van der Waals surface area contributed by atoms with Gasteiger partial charge in [-0.2, -0.15) is 0 Å². The predicted molar refractivity (Wildman–Crippen MR) is 152 cm³/mol. The molecule has 3 aliphatic rings. The maximum atomic E-state index is 13.0. The number of imide groups is 1. The van der Waals surface area contributed by atoms with Crippen molar-refractivity contribution in [3.63, 3.8) is 0 Å². The van der Waals surface area contributed by atoms with Crippen molar-refractivity contribution in [1.29, 1.82) is 0 Å². The third kappa shape index (κ3) is 4.67. The van der Waals surface area contributed by atoms with Crippen molar-refractivity contribution in [2.75, 3.05) is 4.90 Å². The molecule has 1 aliphatic carbocycles. The summed E-state index contributed by atoms with van der Waals surface area (Å²) in [5.74, 6) is -2.18. The van der Waals surface area contributed by atoms with Gasteiger partial charge >= 0.3 is 0 Å². The zero-order valence-electron chi connectivity index (χ0n) is 20.5. The summed E-state index contributed by atoms with van der Waals surface area (Å²) in [6.45, 7) is 0. The largest absolute Gasteiger partial charge is 0.299 e. The van der Waals surface area contributed by atoms with Crippen LogP contribution in [-0.2, 0) is 19.2 Å². The normalized spacial score (nSPS) is 20.9. The Hall–Kier alpha value is -4.01. The van der Waals surface area contributed by atoms with Crippen LogP contribution in [-0.4, -0.2) is 38.6 Å². The van der Waals surface area contributed by atoms with Crippen LogP contribution in [0.1, 0.15) is 31.2 Å². The summed E-state index contributed by atoms with van der Waals surface area (Å²) in [7, 11) is 0. The van der Waals surface area contributed by atoms with Crippen LogP contribution in [0.4, 0.5) is 11.4 Å². The van der Waals surface area contributed by atoms with E-state index < -0.39 is 16.7 Å². The molecule has 3 heterocycles. The van der Waals surface area contributed by atoms with Crippen molar-refractivity contribution in [2.24, 2.45) is 11.8 Å². The number of nitrogens with zero attached hydrogens (tertiary/aromatic N) is 3. The highest BCUT2D eigenvalue weighted by Crippen LogP contribution is 2.43. The highest BCUT2D eigenvalue weighted by molar-refractivity contribution is 8.01. The van der Waals surface area contributed by atoms with Gasteiger partial charge in [-0.1, -0.05) is 30.7 Å². The second kappa shape index (κ2) is 10.2. The van der Waals surface area contributed by atoms with Crippen LogP contribution in [0.25, 0.3) is 16.3 Å². The SMILES string of the molecule is O=C1NC(=S)NC(=O)C1=Cc1ccc(Sc2nc3ccc(N4C(=O)[C@@H]5CCCC[C@H]5C4=O)cc3s2)c([N+](=O)[O-])c1. The van der Waals surface area contributed by atoms with Gasteiger partial charge in [0.1, 0.15) is 5.57 Å². The molecular formula is C26H19N5O6S3. The molecule has 2 aliphatic heterocycles. The number of carbonyl (C=O) groups is 4. The molecule has 4 amide bonds. The van der Waals surface area contributed by atoms with Crippen molar-refractivity contribution in [1.82, 2.24) is 15.6 Å². The van der Waals surface area contributed by atoms with Gasteiger partial charge in [-0.15, -0.1) is 11.3 Å². The average Bonchev–Trinajstić information content (AvgIpc) is 3.43. The first kappa shape index (κ1) is 26.2. The summed E-state index contributed by atoms with van der Waals surface area (Å²) < 4.78 is 1.28. The molecule has 2 N–H and O–H groups in total. The third-order valence-corrected chi connectivity index (χ3v) is 9.43. The number of nitro benzene ring substituents is 1. The Balaban J connectivity index is 1.27. The topological polar surface area (TPSA) is 152 Å². The lowest BCUT2D eigenvalue weighted by atomic mass is 9.81. The minimum atomic E-state index is -0.695. The maximum absolute atomic E-state index is 13.0. The number of nitro groups is 1. The molecule has 2 atom stereocenters. The number of amides is 4. The molecule has 0 radical (unpaired) electrons. The fourth-order valence-electron chi connectivity index (χ4n) is 5.21. The molecule has 2 aromatic carbocycles. The number of nitrogens with one attached hydrogen (secondary N) is 2. The molecule has 2 saturated heterocycles. The molecule has 3 aromatic rings. The quantitative estimate of drug-likeness (QED) is 0.112. The minimum absolute atomic E-state index is 0.107. The van der Waals surface area contributed by atoms with Crippen LogP contribution in [0.5, 0.6) is 0 Å². The van der Waals surface area contributed by atoms with E-state index in [1.807, 2.05) is 0 Å². The van der Waals surface area contributed by atoms with Crippen LogP contribution in [0.3, 0.4) is 0 Å². The van der Waals surface area contributed by atoms with Crippen molar-refractivity contribution < 1.29 is 24.1 Å². The zero-order valence-corrected chi connectivity index (χ0v) is 23.0. The van der Waals surface area contributed by atoms with Crippen molar-refractivity contribution >= 4 is 91.7 Å². The summed E-state index contributed by atoms with van der Waals surface area (Å²) in [5.41, 5.74) is 1.00. The van der Waals surface area contributed by atoms with Gasteiger partial charge in [-0.05, 0) is 61.0 Å². The van der Waals surface area contributed by atoms with E-state index in [1.165, 1.54) is 34.4 Å². The van der Waals surface area contributed by atoms with Gasteiger partial charge in [0.2, 0.25) is 11.8 Å². The monoisotopic (exact) mass is 593 g/mol. The number of carbonyl (C=O) groups excluding carboxylic acids is 4. The second-order valence-corrected chi connectivity index (χ2v) is 12.3. The summed E-state index contributed by atoms with van der Waals surface area (Å²) in [4.78, 5) is 67.8. The van der Waals surface area contributed by atoms with E-state index in [2.05, 4.69) is 15.6 Å². The van der Waals surface area contributed by atoms with E-state index in [0.717, 1.165) is 42.1 Å². The standard InChI is InChI=1S/C26H19N5O6S3/c32-21-16(22(33)29-25(38)28-21)9-12-5-8-19(18(10-12)31(36)37)39-26-27-17-7-6-13(11-20(17)40-26)30-23(34)14-3-1-2-4-15(14)24(30)35/h5-11,14-15H,1-4H2,(H2,28,29,32,33,38)/t14-,15-/m1/s1. The van der Waals surface area contributed by atoms with Gasteiger partial charge in [0.05, 0.1) is 37.6 Å². The van der Waals surface area contributed by atoms with Crippen molar-refractivity contribution in [2.45, 2.75) is 34.9 Å². The minimum Gasteiger partial charge on any atom is -0.299 e. The van der Waals surface area contributed by atoms with E-state index in [9.17, 15) is 29.3 Å². The number of anilines is 1. The lowest BCUT2D eigenvalue weighted by Crippen LogP contribution is -2.51. The Morgan fingerprint density at radius 1 is 1.02 bits per heavy atom. The number of rotatable bonds is 5. The first-order valence-electron chi connectivity index (χ1n) is 12.3. The van der Waals surface area contributed by atoms with Gasteiger partial charge in [0.25, 0.3) is 17.5 Å². The second-order valence-electron chi connectivity index (χ2n) is 9.52. The van der Waals surface area contributed by atoms with Crippen LogP contribution in [0.15, 0.2) is 51.2 Å². The molecule has 3 fully saturated rings. The molecule has 0 unspecified atom stereocenters. The molecule has 14 heteroatoms. The van der Waals surface area contributed by atoms with Gasteiger partial charge in [-0.25, -0.2) is 4.98 Å². The Labute approximate surface area is 240 Å². The lowest BCUT2D eigenvalue weighted by molar-refractivity contribution is -0.387. The Morgan fingerprint density at radius 2 is 1.70 bits per heavy atom. The summed E-state index contributed by atoms with van der Waals surface area (Å²) in [6, 6.07) is 9.57. The Bertz CT molecular complexity index is 1650. The molecule has 1 aromatic heterocycles. The first-order chi connectivity index (χ1) is 19.2. The van der Waals surface area contributed by atoms with Crippen molar-refractivity contribution in [3.05, 3.63) is 57.6 Å². The summed E-state index contributed by atoms with van der Waals surface area (Å²) in [6.07, 6.45) is 4.62. The number of thiocarbonyl (C=S) groups is 1. The van der Waals surface area contributed by atoms with E-state index in [4.69, 9.17) is 12.2 Å². The summed E-state index contributed by atoms with van der Waals surface area (Å²) in [5, 5.41) is 16.4. The van der Waals surface area contributed by atoms with E-state index in [-0.39, 0.29) is 40.0 Å². The number of benzene rings is 2. The van der Waals surface area contributed by atoms with Crippen LogP contribution in [0, 0.1) is 22.0 Å². The molecule has 202 valence electrons. The van der Waals surface area contributed by atoms with E-state index in [1.54, 1.807) is 24.3 Å². The molecule has 0 bridgehead atoms. The summed E-state index contributed by atoms with van der Waals surface area (Å²) >= 11 is 7.18. The van der Waals surface area contributed by atoms with Crippen LogP contribution in [0.2, 0.25) is 0 Å². The Kier molecular flexibility index (Phi) is 6.68. The van der Waals surface area contributed by atoms with Crippen molar-refractivity contribution in [3.8, 4) is 0 Å². The van der Waals surface area contributed by atoms with Crippen LogP contribution < -0.4 is 15.5 Å². The maximum Gasteiger partial charge on any atom is 0.283 e. The zero-order chi connectivity index (χ0) is 28.1. The average molecular weight is 594 g/mol. The fourth-order valence-corrected chi connectivity index (χ4v) is 7.54. The molecular weight excluding hydrogens is 575 g/mol. The number of hydrogen-bond donors (Lipinski definition) is 2. The van der Waals surface area contributed by atoms with Gasteiger partial charge in [-0.3, -0.25) is 44.8 Å². The molecule has 1 saturated carbocycles. The fraction of sp³-hybridized carbons (Fsp3) is 0.231. The van der Waals surface area contributed by atoms with Gasteiger partial charge in [0.15, 0.2) is 9.45 Å². The molecule has 0 spiro atoms. The number of hydrogen-bond acceptors (Lipinski definition) is 10. The van der Waals surface area contributed by atoms with Gasteiger partial charge < -0.3 is 0 Å². The number of aromatic nitrogens is 1. The molecule has 40 heavy (non-hydrogen) atoms. The highest BCUT2D eigenvalue weighted by atomic mass is 32.2. The lowest BCUT2D eigenvalue weighted by Gasteiger charge is -2.19. The predicted octanol–water partition coefficient (Wildman–Crippen LogP) is 3.95. The Morgan fingerprint density at radius 3 is 2.35 bits per heavy atom.